The lowest BCUT2D eigenvalue weighted by atomic mass is 10.1. The van der Waals surface area contributed by atoms with Crippen LogP contribution >= 0.6 is 0 Å². The van der Waals surface area contributed by atoms with Crippen LogP contribution in [0.1, 0.15) is 6.92 Å². The van der Waals surface area contributed by atoms with Gasteiger partial charge in [-0.2, -0.15) is 0 Å². The average molecular weight is 98.1 g/mol. The second kappa shape index (κ2) is 1.66. The maximum Gasteiger partial charge on any atom is 0.0677 e. The molecule has 1 atom stereocenters. The van der Waals surface area contributed by atoms with E-state index in [1.165, 1.54) is 5.57 Å². The molecule has 1 heteroatoms. The third kappa shape index (κ3) is 0.829. The molecule has 1 aliphatic heterocycles. The van der Waals surface area contributed by atoms with Crippen molar-refractivity contribution in [1.82, 2.24) is 0 Å². The maximum absolute atomic E-state index is 5.07. The van der Waals surface area contributed by atoms with Gasteiger partial charge in [0.25, 0.3) is 0 Å². The summed E-state index contributed by atoms with van der Waals surface area (Å²) in [7, 11) is 0. The van der Waals surface area contributed by atoms with Gasteiger partial charge in [0.1, 0.15) is 0 Å². The Bertz CT molecular complexity index is 86.2. The first-order valence-corrected chi connectivity index (χ1v) is 2.56. The minimum Gasteiger partial charge on any atom is -0.377 e. The summed E-state index contributed by atoms with van der Waals surface area (Å²) in [4.78, 5) is 0. The second-order valence-corrected chi connectivity index (χ2v) is 2.07. The predicted octanol–water partition coefficient (Wildman–Crippen LogP) is 1.21. The molecule has 1 fully saturated rings. The van der Waals surface area contributed by atoms with Crippen molar-refractivity contribution in [3.05, 3.63) is 12.2 Å². The van der Waals surface area contributed by atoms with E-state index < -0.39 is 0 Å². The monoisotopic (exact) mass is 98.1 g/mol. The number of hydrogen-bond donors (Lipinski definition) is 0. The van der Waals surface area contributed by atoms with E-state index in [0.717, 1.165) is 13.2 Å². The Labute approximate surface area is 44.0 Å². The van der Waals surface area contributed by atoms with Crippen molar-refractivity contribution in [3.63, 3.8) is 0 Å². The summed E-state index contributed by atoms with van der Waals surface area (Å²) in [5.41, 5.74) is 1.24. The van der Waals surface area contributed by atoms with E-state index in [2.05, 4.69) is 13.5 Å². The molecule has 1 heterocycles. The van der Waals surface area contributed by atoms with Crippen LogP contribution in [-0.2, 0) is 4.74 Å². The fourth-order valence-corrected chi connectivity index (χ4v) is 0.627. The Morgan fingerprint density at radius 3 is 2.71 bits per heavy atom. The van der Waals surface area contributed by atoms with Crippen molar-refractivity contribution in [2.24, 2.45) is 5.92 Å². The third-order valence-corrected chi connectivity index (χ3v) is 1.35. The van der Waals surface area contributed by atoms with E-state index in [0.29, 0.717) is 5.92 Å². The molecule has 0 spiro atoms. The van der Waals surface area contributed by atoms with Crippen molar-refractivity contribution in [2.45, 2.75) is 6.92 Å². The Hall–Kier alpha value is -0.300. The zero-order valence-electron chi connectivity index (χ0n) is 4.61. The lowest BCUT2D eigenvalue weighted by Gasteiger charge is -1.94. The normalized spacial score (nSPS) is 31.6. The summed E-state index contributed by atoms with van der Waals surface area (Å²) >= 11 is 0. The van der Waals surface area contributed by atoms with Crippen LogP contribution in [0.25, 0.3) is 0 Å². The molecule has 7 heavy (non-hydrogen) atoms. The molecule has 0 radical (unpaired) electrons. The fourth-order valence-electron chi connectivity index (χ4n) is 0.627. The SMILES string of the molecule is C=C1COCC1C. The first-order valence-electron chi connectivity index (χ1n) is 2.56. The first-order chi connectivity index (χ1) is 3.30. The highest BCUT2D eigenvalue weighted by Gasteiger charge is 2.12. The van der Waals surface area contributed by atoms with Gasteiger partial charge in [-0.3, -0.25) is 0 Å². The zero-order chi connectivity index (χ0) is 5.28. The van der Waals surface area contributed by atoms with Gasteiger partial charge in [-0.1, -0.05) is 13.5 Å². The number of hydrogen-bond acceptors (Lipinski definition) is 1. The van der Waals surface area contributed by atoms with Gasteiger partial charge in [0.05, 0.1) is 13.2 Å². The van der Waals surface area contributed by atoms with Gasteiger partial charge in [-0.15, -0.1) is 0 Å². The van der Waals surface area contributed by atoms with Crippen LogP contribution < -0.4 is 0 Å². The van der Waals surface area contributed by atoms with Crippen LogP contribution in [0.15, 0.2) is 12.2 Å². The molecule has 40 valence electrons. The summed E-state index contributed by atoms with van der Waals surface area (Å²) in [6.07, 6.45) is 0. The third-order valence-electron chi connectivity index (χ3n) is 1.35. The Morgan fingerprint density at radius 1 is 1.86 bits per heavy atom. The van der Waals surface area contributed by atoms with Crippen LogP contribution in [0.4, 0.5) is 0 Å². The highest BCUT2D eigenvalue weighted by atomic mass is 16.5. The zero-order valence-corrected chi connectivity index (χ0v) is 4.61. The highest BCUT2D eigenvalue weighted by molar-refractivity contribution is 5.02. The molecular formula is C6H10O. The molecule has 0 bridgehead atoms. The predicted molar refractivity (Wildman–Crippen MR) is 29.1 cm³/mol. The van der Waals surface area contributed by atoms with Crippen LogP contribution in [0.3, 0.4) is 0 Å². The standard InChI is InChI=1S/C6H10O/c1-5-3-7-4-6(5)2/h6H,1,3-4H2,2H3. The highest BCUT2D eigenvalue weighted by Crippen LogP contribution is 2.15. The van der Waals surface area contributed by atoms with E-state index in [4.69, 9.17) is 4.74 Å². The molecule has 1 unspecified atom stereocenters. The van der Waals surface area contributed by atoms with Crippen LogP contribution in [-0.4, -0.2) is 13.2 Å². The minimum absolute atomic E-state index is 0.597. The van der Waals surface area contributed by atoms with E-state index in [1.54, 1.807) is 0 Å². The molecule has 0 aromatic rings. The topological polar surface area (TPSA) is 9.23 Å². The van der Waals surface area contributed by atoms with E-state index in [1.807, 2.05) is 0 Å². The van der Waals surface area contributed by atoms with Gasteiger partial charge in [0.2, 0.25) is 0 Å². The van der Waals surface area contributed by atoms with Gasteiger partial charge >= 0.3 is 0 Å². The fraction of sp³-hybridized carbons (Fsp3) is 0.667. The minimum atomic E-state index is 0.597. The molecule has 0 saturated carbocycles. The molecule has 0 N–H and O–H groups in total. The Kier molecular flexibility index (Phi) is 1.15. The van der Waals surface area contributed by atoms with Gasteiger partial charge in [-0.25, -0.2) is 0 Å². The summed E-state index contributed by atoms with van der Waals surface area (Å²) in [6, 6.07) is 0. The molecular weight excluding hydrogens is 88.1 g/mol. The smallest absolute Gasteiger partial charge is 0.0677 e. The van der Waals surface area contributed by atoms with Crippen molar-refractivity contribution in [2.75, 3.05) is 13.2 Å². The molecule has 0 aromatic heterocycles. The first kappa shape index (κ1) is 4.85. The molecule has 1 nitrogen and oxygen atoms in total. The van der Waals surface area contributed by atoms with Crippen molar-refractivity contribution in [3.8, 4) is 0 Å². The lowest BCUT2D eigenvalue weighted by Crippen LogP contribution is -1.91. The Balaban J connectivity index is 2.48. The van der Waals surface area contributed by atoms with Crippen LogP contribution in [0.5, 0.6) is 0 Å². The number of rotatable bonds is 0. The van der Waals surface area contributed by atoms with Gasteiger partial charge in [0.15, 0.2) is 0 Å². The van der Waals surface area contributed by atoms with E-state index >= 15 is 0 Å². The van der Waals surface area contributed by atoms with Crippen LogP contribution in [0.2, 0.25) is 0 Å². The molecule has 1 aliphatic rings. The second-order valence-electron chi connectivity index (χ2n) is 2.07. The van der Waals surface area contributed by atoms with Crippen LogP contribution in [0, 0.1) is 5.92 Å². The van der Waals surface area contributed by atoms with Crippen molar-refractivity contribution >= 4 is 0 Å². The number of ether oxygens (including phenoxy) is 1. The van der Waals surface area contributed by atoms with Gasteiger partial charge in [0, 0.05) is 5.92 Å². The Morgan fingerprint density at radius 2 is 2.57 bits per heavy atom. The van der Waals surface area contributed by atoms with E-state index in [-0.39, 0.29) is 0 Å². The summed E-state index contributed by atoms with van der Waals surface area (Å²) in [6.45, 7) is 7.60. The molecule has 0 amide bonds. The molecule has 1 rings (SSSR count). The molecule has 0 aromatic carbocycles. The summed E-state index contributed by atoms with van der Waals surface area (Å²) in [5.74, 6) is 0.597. The van der Waals surface area contributed by atoms with Gasteiger partial charge in [-0.05, 0) is 5.57 Å². The lowest BCUT2D eigenvalue weighted by molar-refractivity contribution is 0.191. The molecule has 1 saturated heterocycles. The maximum atomic E-state index is 5.07. The average Bonchev–Trinajstić information content (AvgIpc) is 1.91. The van der Waals surface area contributed by atoms with Crippen molar-refractivity contribution < 1.29 is 4.74 Å². The quantitative estimate of drug-likeness (QED) is 0.414. The molecule has 0 aliphatic carbocycles. The van der Waals surface area contributed by atoms with Gasteiger partial charge < -0.3 is 4.74 Å². The van der Waals surface area contributed by atoms with E-state index in [9.17, 15) is 0 Å². The largest absolute Gasteiger partial charge is 0.377 e. The summed E-state index contributed by atoms with van der Waals surface area (Å²) in [5, 5.41) is 0. The van der Waals surface area contributed by atoms with Crippen molar-refractivity contribution in [1.29, 1.82) is 0 Å². The summed E-state index contributed by atoms with van der Waals surface area (Å²) < 4.78 is 5.07.